The number of hydrogen-bond acceptors (Lipinski definition) is 0. The first-order valence-corrected chi connectivity index (χ1v) is 8.23. The summed E-state index contributed by atoms with van der Waals surface area (Å²) in [5.74, 6) is 0. The van der Waals surface area contributed by atoms with E-state index in [2.05, 4.69) is 109 Å². The molecule has 0 saturated carbocycles. The van der Waals surface area contributed by atoms with E-state index in [1.165, 1.54) is 29.5 Å². The standard InChI is InChI=1S/2C8H9Te.Cd/c2*1-6-4-3-5-7(2)8(6)9;/h2*3-5H,1-2H3;. The van der Waals surface area contributed by atoms with E-state index < -0.39 is 0 Å². The van der Waals surface area contributed by atoms with Crippen molar-refractivity contribution in [3.63, 3.8) is 0 Å². The fourth-order valence-electron chi connectivity index (χ4n) is 1.60. The number of hydrogen-bond donors (Lipinski definition) is 0. The molecule has 96 valence electrons. The molecule has 2 rings (SSSR count). The van der Waals surface area contributed by atoms with E-state index in [4.69, 9.17) is 0 Å². The molecule has 19 heavy (non-hydrogen) atoms. The molecule has 0 aliphatic carbocycles. The summed E-state index contributed by atoms with van der Waals surface area (Å²) in [5, 5.41) is 0. The van der Waals surface area contributed by atoms with Crippen molar-refractivity contribution in [3.8, 4) is 0 Å². The minimum absolute atomic E-state index is 0. The molecule has 0 aliphatic heterocycles. The largest absolute Gasteiger partial charge is 0 e. The summed E-state index contributed by atoms with van der Waals surface area (Å²) in [6, 6.07) is 12.8. The number of rotatable bonds is 0. The van der Waals surface area contributed by atoms with E-state index in [0.717, 1.165) is 0 Å². The van der Waals surface area contributed by atoms with Gasteiger partial charge in [0, 0.05) is 27.3 Å². The Bertz CT molecular complexity index is 446. The zero-order valence-corrected chi connectivity index (χ0v) is 20.7. The molecule has 0 heterocycles. The molecule has 3 heteroatoms. The van der Waals surface area contributed by atoms with E-state index in [9.17, 15) is 0 Å². The van der Waals surface area contributed by atoms with Gasteiger partial charge in [-0.1, -0.05) is 0 Å². The summed E-state index contributed by atoms with van der Waals surface area (Å²) in [7, 11) is 0. The van der Waals surface area contributed by atoms with Crippen LogP contribution in [0, 0.1) is 27.7 Å². The third-order valence-electron chi connectivity index (χ3n) is 2.82. The molecule has 2 aromatic carbocycles. The Balaban J connectivity index is 0.000000324. The average Bonchev–Trinajstić information content (AvgIpc) is 2.34. The van der Waals surface area contributed by atoms with Crippen molar-refractivity contribution in [1.29, 1.82) is 0 Å². The first kappa shape index (κ1) is 19.9. The zero-order valence-electron chi connectivity index (χ0n) is 12.0. The first-order chi connectivity index (χ1) is 8.43. The zero-order chi connectivity index (χ0) is 13.7. The number of aryl methyl sites for hydroxylation is 4. The average molecular weight is 578 g/mol. The van der Waals surface area contributed by atoms with Crippen molar-refractivity contribution in [1.82, 2.24) is 0 Å². The van der Waals surface area contributed by atoms with Gasteiger partial charge in [-0.2, -0.15) is 0 Å². The Kier molecular flexibility index (Phi) is 10.3. The van der Waals surface area contributed by atoms with Crippen molar-refractivity contribution >= 4 is 51.8 Å². The van der Waals surface area contributed by atoms with Crippen molar-refractivity contribution in [2.24, 2.45) is 0 Å². The Hall–Kier alpha value is 0.941. The van der Waals surface area contributed by atoms with Crippen LogP contribution in [0.3, 0.4) is 0 Å². The fourth-order valence-corrected chi connectivity index (χ4v) is 2.38. The normalized spacial score (nSPS) is 9.05. The van der Waals surface area contributed by atoms with Crippen LogP contribution in [0.2, 0.25) is 0 Å². The summed E-state index contributed by atoms with van der Waals surface area (Å²) in [6.07, 6.45) is 0. The van der Waals surface area contributed by atoms with Gasteiger partial charge in [0.05, 0.1) is 0 Å². The van der Waals surface area contributed by atoms with Gasteiger partial charge in [0.25, 0.3) is 0 Å². The molecule has 0 N–H and O–H groups in total. The van der Waals surface area contributed by atoms with E-state index >= 15 is 0 Å². The summed E-state index contributed by atoms with van der Waals surface area (Å²) in [5.41, 5.74) is 5.55. The van der Waals surface area contributed by atoms with Crippen LogP contribution >= 0.6 is 0 Å². The maximum absolute atomic E-state index is 2.14. The SMILES string of the molecule is Cc1cccc(C)c1[Te].Cc1cccc(C)c1[Te].[Cd]. The van der Waals surface area contributed by atoms with Gasteiger partial charge in [-0.05, 0) is 0 Å². The monoisotopic (exact) mass is 584 g/mol. The smallest absolute Gasteiger partial charge is 0 e. The van der Waals surface area contributed by atoms with Crippen LogP contribution < -0.4 is 7.22 Å². The van der Waals surface area contributed by atoms with Gasteiger partial charge in [-0.3, -0.25) is 0 Å². The first-order valence-electron chi connectivity index (χ1n) is 5.90. The molecule has 0 amide bonds. The molecule has 2 aromatic rings. The predicted octanol–water partition coefficient (Wildman–Crippen LogP) is 2.19. The minimum atomic E-state index is 0. The molecule has 0 spiro atoms. The Morgan fingerprint density at radius 2 is 0.789 bits per heavy atom. The van der Waals surface area contributed by atoms with Gasteiger partial charge in [0.1, 0.15) is 0 Å². The second-order valence-corrected chi connectivity index (χ2v) is 6.77. The van der Waals surface area contributed by atoms with Gasteiger partial charge in [-0.25, -0.2) is 0 Å². The van der Waals surface area contributed by atoms with Gasteiger partial charge in [0.2, 0.25) is 0 Å². The number of benzene rings is 2. The third-order valence-corrected chi connectivity index (χ3v) is 6.49. The van der Waals surface area contributed by atoms with Crippen LogP contribution in [0.4, 0.5) is 0 Å². The molecular weight excluding hydrogens is 560 g/mol. The predicted molar refractivity (Wildman–Crippen MR) is 82.6 cm³/mol. The molecule has 0 aliphatic rings. The van der Waals surface area contributed by atoms with Gasteiger partial charge in [0.15, 0.2) is 0 Å². The maximum atomic E-state index is 2.14. The molecule has 0 nitrogen and oxygen atoms in total. The van der Waals surface area contributed by atoms with Crippen molar-refractivity contribution in [3.05, 3.63) is 58.7 Å². The van der Waals surface area contributed by atoms with Crippen LogP contribution in [0.1, 0.15) is 22.3 Å². The topological polar surface area (TPSA) is 0 Å². The molecular formula is C16H18CdTe2. The summed E-state index contributed by atoms with van der Waals surface area (Å²) in [6.45, 7) is 8.57. The van der Waals surface area contributed by atoms with Gasteiger partial charge >= 0.3 is 138 Å². The maximum Gasteiger partial charge on any atom is 0 e. The fraction of sp³-hybridized carbons (Fsp3) is 0.250. The Morgan fingerprint density at radius 3 is 0.947 bits per heavy atom. The molecule has 0 saturated heterocycles. The Labute approximate surface area is 163 Å². The molecule has 0 unspecified atom stereocenters. The van der Waals surface area contributed by atoms with Crippen LogP contribution in [0.5, 0.6) is 0 Å². The van der Waals surface area contributed by atoms with Crippen LogP contribution in [-0.4, -0.2) is 44.6 Å². The van der Waals surface area contributed by atoms with E-state index in [1.807, 2.05) is 0 Å². The second-order valence-electron chi connectivity index (χ2n) is 4.44. The summed E-state index contributed by atoms with van der Waals surface area (Å²) < 4.78 is 2.85. The van der Waals surface area contributed by atoms with E-state index in [0.29, 0.717) is 0 Å². The molecule has 0 aromatic heterocycles. The van der Waals surface area contributed by atoms with E-state index in [1.54, 1.807) is 0 Å². The summed E-state index contributed by atoms with van der Waals surface area (Å²) >= 11 is 4.17. The summed E-state index contributed by atoms with van der Waals surface area (Å²) in [4.78, 5) is 0. The minimum Gasteiger partial charge on any atom is 0 e. The van der Waals surface area contributed by atoms with Crippen LogP contribution in [0.15, 0.2) is 36.4 Å². The van der Waals surface area contributed by atoms with Gasteiger partial charge < -0.3 is 0 Å². The Morgan fingerprint density at radius 1 is 0.579 bits per heavy atom. The van der Waals surface area contributed by atoms with Gasteiger partial charge in [-0.15, -0.1) is 0 Å². The molecule has 2 radical (unpaired) electrons. The quantitative estimate of drug-likeness (QED) is 0.422. The van der Waals surface area contributed by atoms with Crippen LogP contribution in [-0.2, 0) is 27.3 Å². The van der Waals surface area contributed by atoms with Crippen LogP contribution in [0.25, 0.3) is 0 Å². The molecule has 0 bridgehead atoms. The van der Waals surface area contributed by atoms with Crippen molar-refractivity contribution in [2.75, 3.05) is 0 Å². The van der Waals surface area contributed by atoms with E-state index in [-0.39, 0.29) is 27.3 Å². The van der Waals surface area contributed by atoms with Crippen molar-refractivity contribution in [2.45, 2.75) is 27.7 Å². The molecule has 0 fully saturated rings. The molecule has 0 atom stereocenters. The third kappa shape index (κ3) is 6.49. The van der Waals surface area contributed by atoms with Crippen molar-refractivity contribution < 1.29 is 27.3 Å². The second kappa shape index (κ2) is 9.80.